The van der Waals surface area contributed by atoms with Gasteiger partial charge in [0.15, 0.2) is 0 Å². The Hall–Kier alpha value is -3.75. The first-order valence-electron chi connectivity index (χ1n) is 9.83. The summed E-state index contributed by atoms with van der Waals surface area (Å²) in [5.74, 6) is -8.12. The molecule has 5 amide bonds. The topological polar surface area (TPSA) is 274 Å². The molecule has 0 unspecified atom stereocenters. The Bertz CT molecular complexity index is 785. The Morgan fingerprint density at radius 1 is 0.758 bits per heavy atom. The molecule has 0 aliphatic heterocycles. The minimum absolute atomic E-state index is 0.184. The number of nitrogens with two attached hydrogens (primary N) is 3. The van der Waals surface area contributed by atoms with Crippen LogP contribution in [-0.2, 0) is 33.6 Å². The second-order valence-electron chi connectivity index (χ2n) is 7.57. The van der Waals surface area contributed by atoms with Crippen molar-refractivity contribution in [2.75, 3.05) is 0 Å². The van der Waals surface area contributed by atoms with Gasteiger partial charge in [0.1, 0.15) is 18.1 Å². The van der Waals surface area contributed by atoms with E-state index in [0.29, 0.717) is 0 Å². The molecule has 11 N–H and O–H groups in total. The van der Waals surface area contributed by atoms with Gasteiger partial charge < -0.3 is 43.4 Å². The minimum Gasteiger partial charge on any atom is -0.481 e. The van der Waals surface area contributed by atoms with E-state index in [1.807, 2.05) is 5.32 Å². The van der Waals surface area contributed by atoms with Gasteiger partial charge in [-0.3, -0.25) is 28.8 Å². The van der Waals surface area contributed by atoms with E-state index in [1.165, 1.54) is 0 Å². The molecule has 33 heavy (non-hydrogen) atoms. The number of carboxylic acid groups (broad SMARTS) is 2. The lowest BCUT2D eigenvalue weighted by Crippen LogP contribution is -2.59. The van der Waals surface area contributed by atoms with Gasteiger partial charge in [0.05, 0.1) is 18.9 Å². The third-order valence-electron chi connectivity index (χ3n) is 4.31. The largest absolute Gasteiger partial charge is 0.481 e. The zero-order chi connectivity index (χ0) is 25.9. The zero-order valence-corrected chi connectivity index (χ0v) is 18.2. The highest BCUT2D eigenvalue weighted by atomic mass is 16.4. The van der Waals surface area contributed by atoms with Crippen molar-refractivity contribution in [3.05, 3.63) is 0 Å². The van der Waals surface area contributed by atoms with Crippen molar-refractivity contribution in [1.82, 2.24) is 16.0 Å². The molecule has 0 radical (unpaired) electrons. The highest BCUT2D eigenvalue weighted by Crippen LogP contribution is 2.06. The lowest BCUT2D eigenvalue weighted by Gasteiger charge is -2.26. The number of hydrogen-bond acceptors (Lipinski definition) is 8. The molecule has 186 valence electrons. The summed E-state index contributed by atoms with van der Waals surface area (Å²) in [7, 11) is 0. The van der Waals surface area contributed by atoms with Crippen molar-refractivity contribution < 1.29 is 43.8 Å². The molecule has 0 fully saturated rings. The molecule has 0 heterocycles. The maximum Gasteiger partial charge on any atom is 0.326 e. The van der Waals surface area contributed by atoms with E-state index in [4.69, 9.17) is 27.4 Å². The Balaban J connectivity index is 5.44. The Labute approximate surface area is 188 Å². The highest BCUT2D eigenvalue weighted by Gasteiger charge is 2.32. The van der Waals surface area contributed by atoms with E-state index in [2.05, 4.69) is 10.6 Å². The lowest BCUT2D eigenvalue weighted by molar-refractivity contribution is -0.144. The number of carboxylic acids is 2. The van der Waals surface area contributed by atoms with Crippen molar-refractivity contribution in [3.8, 4) is 0 Å². The van der Waals surface area contributed by atoms with Crippen LogP contribution in [0.5, 0.6) is 0 Å². The van der Waals surface area contributed by atoms with E-state index in [-0.39, 0.29) is 12.8 Å². The Morgan fingerprint density at radius 2 is 1.24 bits per heavy atom. The Kier molecular flexibility index (Phi) is 12.1. The molecule has 0 rings (SSSR count). The molecule has 0 saturated heterocycles. The highest BCUT2D eigenvalue weighted by molar-refractivity contribution is 5.96. The van der Waals surface area contributed by atoms with Gasteiger partial charge in [0.25, 0.3) is 0 Å². The lowest BCUT2D eigenvalue weighted by atomic mass is 10.0. The van der Waals surface area contributed by atoms with Crippen molar-refractivity contribution in [3.63, 3.8) is 0 Å². The second-order valence-corrected chi connectivity index (χ2v) is 7.57. The van der Waals surface area contributed by atoms with Crippen LogP contribution in [0.1, 0.15) is 39.5 Å². The number of amides is 5. The number of nitrogens with one attached hydrogen (secondary N) is 3. The molecule has 0 aliphatic rings. The molecule has 0 aromatic rings. The first kappa shape index (κ1) is 29.2. The van der Waals surface area contributed by atoms with Crippen molar-refractivity contribution >= 4 is 41.5 Å². The van der Waals surface area contributed by atoms with Crippen LogP contribution in [0.4, 0.5) is 0 Å². The monoisotopic (exact) mass is 474 g/mol. The summed E-state index contributed by atoms with van der Waals surface area (Å²) in [6.45, 7) is 3.12. The van der Waals surface area contributed by atoms with Crippen LogP contribution in [0.25, 0.3) is 0 Å². The third-order valence-corrected chi connectivity index (χ3v) is 4.31. The molecule has 0 spiro atoms. The first-order chi connectivity index (χ1) is 15.1. The molecular weight excluding hydrogens is 444 g/mol. The SMILES string of the molecule is CC(C)[C@H](NC(=O)[C@@H](N)CCC(=O)O)C(=O)N[C@@H](CC(N)=O)C(=O)N[C@@H](CC(N)=O)C(=O)O. The summed E-state index contributed by atoms with van der Waals surface area (Å²) < 4.78 is 0. The summed E-state index contributed by atoms with van der Waals surface area (Å²) in [4.78, 5) is 81.6. The van der Waals surface area contributed by atoms with Crippen LogP contribution >= 0.6 is 0 Å². The quantitative estimate of drug-likeness (QED) is 0.114. The van der Waals surface area contributed by atoms with Crippen molar-refractivity contribution in [1.29, 1.82) is 0 Å². The predicted octanol–water partition coefficient (Wildman–Crippen LogP) is -3.88. The molecule has 15 nitrogen and oxygen atoms in total. The van der Waals surface area contributed by atoms with Crippen LogP contribution in [0.2, 0.25) is 0 Å². The molecule has 0 bridgehead atoms. The average molecular weight is 474 g/mol. The van der Waals surface area contributed by atoms with Crippen LogP contribution < -0.4 is 33.2 Å². The Morgan fingerprint density at radius 3 is 1.67 bits per heavy atom. The van der Waals surface area contributed by atoms with Gasteiger partial charge in [0, 0.05) is 6.42 Å². The molecule has 0 aliphatic carbocycles. The number of aliphatic carboxylic acids is 2. The average Bonchev–Trinajstić information content (AvgIpc) is 2.67. The van der Waals surface area contributed by atoms with Gasteiger partial charge in [-0.05, 0) is 12.3 Å². The molecule has 0 aromatic carbocycles. The van der Waals surface area contributed by atoms with Gasteiger partial charge in [-0.1, -0.05) is 13.8 Å². The molecular formula is C18H30N6O9. The summed E-state index contributed by atoms with van der Waals surface area (Å²) in [5, 5.41) is 24.3. The molecule has 4 atom stereocenters. The summed E-state index contributed by atoms with van der Waals surface area (Å²) in [6, 6.07) is -5.79. The zero-order valence-electron chi connectivity index (χ0n) is 18.2. The van der Waals surface area contributed by atoms with Gasteiger partial charge >= 0.3 is 11.9 Å². The number of rotatable bonds is 15. The number of carbonyl (C=O) groups excluding carboxylic acids is 5. The molecule has 0 saturated carbocycles. The van der Waals surface area contributed by atoms with Gasteiger partial charge in [-0.25, -0.2) is 4.79 Å². The normalized spacial score (nSPS) is 14.3. The number of hydrogen-bond donors (Lipinski definition) is 8. The van der Waals surface area contributed by atoms with E-state index in [9.17, 15) is 33.6 Å². The fraction of sp³-hybridized carbons (Fsp3) is 0.611. The fourth-order valence-electron chi connectivity index (χ4n) is 2.55. The summed E-state index contributed by atoms with van der Waals surface area (Å²) in [5.41, 5.74) is 15.7. The van der Waals surface area contributed by atoms with Crippen LogP contribution in [-0.4, -0.2) is 75.9 Å². The van der Waals surface area contributed by atoms with Crippen LogP contribution in [0, 0.1) is 5.92 Å². The van der Waals surface area contributed by atoms with E-state index < -0.39 is 84.4 Å². The maximum absolute atomic E-state index is 12.7. The van der Waals surface area contributed by atoms with Gasteiger partial charge in [0.2, 0.25) is 29.5 Å². The smallest absolute Gasteiger partial charge is 0.326 e. The summed E-state index contributed by atoms with van der Waals surface area (Å²) in [6.07, 6.45) is -2.00. The van der Waals surface area contributed by atoms with E-state index in [0.717, 1.165) is 0 Å². The third kappa shape index (κ3) is 11.4. The van der Waals surface area contributed by atoms with Crippen molar-refractivity contribution in [2.24, 2.45) is 23.1 Å². The molecule has 0 aromatic heterocycles. The second kappa shape index (κ2) is 13.6. The fourth-order valence-corrected chi connectivity index (χ4v) is 2.55. The minimum atomic E-state index is -1.71. The number of carbonyl (C=O) groups is 7. The first-order valence-corrected chi connectivity index (χ1v) is 9.83. The standard InChI is InChI=1S/C18H30N6O9/c1-7(2)14(24-15(29)8(19)3-4-13(27)28)17(31)22-9(5-11(20)25)16(30)23-10(18(32)33)6-12(21)26/h7-10,14H,3-6,19H2,1-2H3,(H2,20,25)(H2,21,26)(H,22,31)(H,23,30)(H,24,29)(H,27,28)(H,32,33)/t8-,9-,10-,14-/m0/s1. The molecule has 15 heteroatoms. The summed E-state index contributed by atoms with van der Waals surface area (Å²) >= 11 is 0. The van der Waals surface area contributed by atoms with Crippen LogP contribution in [0.3, 0.4) is 0 Å². The van der Waals surface area contributed by atoms with E-state index in [1.54, 1.807) is 13.8 Å². The van der Waals surface area contributed by atoms with Gasteiger partial charge in [-0.2, -0.15) is 0 Å². The van der Waals surface area contributed by atoms with Crippen molar-refractivity contribution in [2.45, 2.75) is 63.7 Å². The maximum atomic E-state index is 12.7. The van der Waals surface area contributed by atoms with Gasteiger partial charge in [-0.15, -0.1) is 0 Å². The van der Waals surface area contributed by atoms with E-state index >= 15 is 0 Å². The predicted molar refractivity (Wildman–Crippen MR) is 111 cm³/mol. The number of primary amides is 2. The van der Waals surface area contributed by atoms with Crippen LogP contribution in [0.15, 0.2) is 0 Å².